The lowest BCUT2D eigenvalue weighted by molar-refractivity contribution is 0.0694. The molecule has 0 unspecified atom stereocenters. The van der Waals surface area contributed by atoms with Crippen molar-refractivity contribution >= 4 is 17.9 Å². The third-order valence-electron chi connectivity index (χ3n) is 6.36. The van der Waals surface area contributed by atoms with Crippen LogP contribution < -0.4 is 19.3 Å². The number of carbonyl (C=O) groups is 1. The first-order valence-electron chi connectivity index (χ1n) is 11.0. The van der Waals surface area contributed by atoms with Crippen LogP contribution in [0.3, 0.4) is 0 Å². The van der Waals surface area contributed by atoms with E-state index in [1.807, 2.05) is 4.68 Å². The molecule has 0 amide bonds. The molecule has 2 aliphatic carbocycles. The molecule has 162 valence electrons. The summed E-state index contributed by atoms with van der Waals surface area (Å²) >= 11 is 1.72. The first-order valence-corrected chi connectivity index (χ1v) is 11.8. The van der Waals surface area contributed by atoms with Crippen LogP contribution in [0.5, 0.6) is 11.5 Å². The molecule has 0 bridgehead atoms. The highest BCUT2D eigenvalue weighted by atomic mass is 32.2. The molecule has 2 saturated carbocycles. The SMILES string of the molecule is O=C(O)c1cn2c(cc1=O)-c1c(cc(OCCC3CC3)c3c1CCO3)CN2SC1CC1. The van der Waals surface area contributed by atoms with E-state index < -0.39 is 11.4 Å². The topological polar surface area (TPSA) is 81.0 Å². The number of fused-ring (bicyclic) bond motifs is 5. The predicted molar refractivity (Wildman–Crippen MR) is 118 cm³/mol. The molecule has 2 fully saturated rings. The average Bonchev–Trinajstić information content (AvgIpc) is 3.67. The Morgan fingerprint density at radius 3 is 2.84 bits per heavy atom. The molecule has 0 spiro atoms. The monoisotopic (exact) mass is 440 g/mol. The highest BCUT2D eigenvalue weighted by Crippen LogP contribution is 2.48. The van der Waals surface area contributed by atoms with Gasteiger partial charge >= 0.3 is 5.97 Å². The molecule has 0 radical (unpaired) electrons. The van der Waals surface area contributed by atoms with Crippen molar-refractivity contribution in [3.63, 3.8) is 0 Å². The fraction of sp³-hybridized carbons (Fsp3) is 0.478. The van der Waals surface area contributed by atoms with Gasteiger partial charge in [0, 0.05) is 35.1 Å². The van der Waals surface area contributed by atoms with Crippen LogP contribution in [-0.4, -0.2) is 34.2 Å². The Balaban J connectivity index is 1.46. The minimum Gasteiger partial charge on any atom is -0.490 e. The summed E-state index contributed by atoms with van der Waals surface area (Å²) in [6, 6.07) is 3.53. The molecule has 1 aromatic carbocycles. The molecule has 4 aliphatic rings. The van der Waals surface area contributed by atoms with Gasteiger partial charge in [0.05, 0.1) is 25.5 Å². The van der Waals surface area contributed by atoms with Gasteiger partial charge < -0.3 is 14.6 Å². The molecule has 0 saturated heterocycles. The van der Waals surface area contributed by atoms with Gasteiger partial charge in [-0.05, 0) is 48.8 Å². The fourth-order valence-corrected chi connectivity index (χ4v) is 5.55. The number of carboxylic acids is 1. The Bertz CT molecular complexity index is 1140. The van der Waals surface area contributed by atoms with Crippen LogP contribution in [0.4, 0.5) is 0 Å². The quantitative estimate of drug-likeness (QED) is 0.659. The maximum atomic E-state index is 12.6. The number of hydrogen-bond acceptors (Lipinski definition) is 6. The maximum Gasteiger partial charge on any atom is 0.341 e. The molecule has 8 heteroatoms. The summed E-state index contributed by atoms with van der Waals surface area (Å²) in [4.78, 5) is 24.2. The van der Waals surface area contributed by atoms with Gasteiger partial charge in [-0.1, -0.05) is 12.8 Å². The third kappa shape index (κ3) is 3.46. The lowest BCUT2D eigenvalue weighted by atomic mass is 9.93. The highest BCUT2D eigenvalue weighted by Gasteiger charge is 2.35. The largest absolute Gasteiger partial charge is 0.490 e. The van der Waals surface area contributed by atoms with Crippen LogP contribution in [0.25, 0.3) is 11.3 Å². The molecule has 31 heavy (non-hydrogen) atoms. The number of aromatic carboxylic acids is 1. The van der Waals surface area contributed by atoms with Gasteiger partial charge in [0.2, 0.25) is 0 Å². The van der Waals surface area contributed by atoms with E-state index >= 15 is 0 Å². The summed E-state index contributed by atoms with van der Waals surface area (Å²) in [5, 5.41) is 10.0. The average molecular weight is 441 g/mol. The molecular weight excluding hydrogens is 416 g/mol. The first kappa shape index (κ1) is 19.1. The van der Waals surface area contributed by atoms with E-state index in [9.17, 15) is 14.7 Å². The predicted octanol–water partition coefficient (Wildman–Crippen LogP) is 3.59. The van der Waals surface area contributed by atoms with E-state index in [1.54, 1.807) is 11.9 Å². The second kappa shape index (κ2) is 7.22. The smallest absolute Gasteiger partial charge is 0.341 e. The standard InChI is InChI=1S/C23H24N2O5S/c26-19-10-18-21-14(11-25(31-15-3-4-15)24(18)12-17(19)23(27)28)9-20(22-16(21)6-8-30-22)29-7-5-13-1-2-13/h9-10,12-13,15H,1-8,11H2,(H,27,28). The van der Waals surface area contributed by atoms with Gasteiger partial charge in [0.1, 0.15) is 5.56 Å². The first-order chi connectivity index (χ1) is 15.1. The van der Waals surface area contributed by atoms with Crippen LogP contribution in [0.1, 0.15) is 53.6 Å². The van der Waals surface area contributed by atoms with Crippen molar-refractivity contribution in [3.8, 4) is 22.8 Å². The Labute approximate surface area is 184 Å². The number of rotatable bonds is 7. The van der Waals surface area contributed by atoms with Crippen LogP contribution in [-0.2, 0) is 13.0 Å². The second-order valence-electron chi connectivity index (χ2n) is 8.80. The van der Waals surface area contributed by atoms with Gasteiger partial charge in [-0.25, -0.2) is 4.79 Å². The summed E-state index contributed by atoms with van der Waals surface area (Å²) in [5.41, 5.74) is 3.20. The molecule has 2 aliphatic heterocycles. The minimum atomic E-state index is -1.20. The summed E-state index contributed by atoms with van der Waals surface area (Å²) in [6.45, 7) is 1.90. The molecule has 7 nitrogen and oxygen atoms in total. The zero-order valence-electron chi connectivity index (χ0n) is 17.1. The molecule has 6 rings (SSSR count). The van der Waals surface area contributed by atoms with Crippen LogP contribution in [0.15, 0.2) is 23.1 Å². The Morgan fingerprint density at radius 1 is 1.26 bits per heavy atom. The number of hydrogen-bond donors (Lipinski definition) is 1. The van der Waals surface area contributed by atoms with E-state index in [0.29, 0.717) is 25.0 Å². The Hall–Kier alpha value is -2.61. The maximum absolute atomic E-state index is 12.6. The normalized spacial score (nSPS) is 18.8. The molecular formula is C23H24N2O5S. The van der Waals surface area contributed by atoms with Crippen LogP contribution >= 0.6 is 11.9 Å². The van der Waals surface area contributed by atoms with Gasteiger partial charge in [0.15, 0.2) is 16.9 Å². The third-order valence-corrected chi connectivity index (χ3v) is 7.68. The van der Waals surface area contributed by atoms with Crippen LogP contribution in [0.2, 0.25) is 0 Å². The van der Waals surface area contributed by atoms with Crippen molar-refractivity contribution in [2.45, 2.75) is 50.3 Å². The van der Waals surface area contributed by atoms with E-state index in [1.165, 1.54) is 25.1 Å². The van der Waals surface area contributed by atoms with Crippen LogP contribution in [0, 0.1) is 5.92 Å². The van der Waals surface area contributed by atoms with Crippen molar-refractivity contribution in [2.75, 3.05) is 17.6 Å². The zero-order chi connectivity index (χ0) is 21.1. The summed E-state index contributed by atoms with van der Waals surface area (Å²) in [5.74, 6) is 1.18. The van der Waals surface area contributed by atoms with E-state index in [2.05, 4.69) is 10.5 Å². The van der Waals surface area contributed by atoms with Crippen molar-refractivity contribution in [1.29, 1.82) is 0 Å². The van der Waals surface area contributed by atoms with E-state index in [4.69, 9.17) is 9.47 Å². The lowest BCUT2D eigenvalue weighted by Gasteiger charge is -2.35. The van der Waals surface area contributed by atoms with Crippen molar-refractivity contribution in [1.82, 2.24) is 4.68 Å². The summed E-state index contributed by atoms with van der Waals surface area (Å²) in [7, 11) is 0. The van der Waals surface area contributed by atoms with Gasteiger partial charge in [-0.2, -0.15) is 0 Å². The Kier molecular flexibility index (Phi) is 4.45. The number of benzene rings is 1. The van der Waals surface area contributed by atoms with Crippen molar-refractivity contribution < 1.29 is 19.4 Å². The van der Waals surface area contributed by atoms with Gasteiger partial charge in [-0.3, -0.25) is 13.9 Å². The van der Waals surface area contributed by atoms with Gasteiger partial charge in [-0.15, -0.1) is 0 Å². The molecule has 3 heterocycles. The number of ether oxygens (including phenoxy) is 2. The number of aromatic nitrogens is 1. The molecule has 1 N–H and O–H groups in total. The van der Waals surface area contributed by atoms with Gasteiger partial charge in [0.25, 0.3) is 0 Å². The van der Waals surface area contributed by atoms with E-state index in [-0.39, 0.29) is 5.56 Å². The highest BCUT2D eigenvalue weighted by molar-refractivity contribution is 8.01. The minimum absolute atomic E-state index is 0.207. The molecule has 1 aromatic heterocycles. The van der Waals surface area contributed by atoms with Crippen molar-refractivity contribution in [2.24, 2.45) is 5.92 Å². The Morgan fingerprint density at radius 2 is 2.10 bits per heavy atom. The lowest BCUT2D eigenvalue weighted by Crippen LogP contribution is -2.35. The summed E-state index contributed by atoms with van der Waals surface area (Å²) < 4.78 is 16.0. The summed E-state index contributed by atoms with van der Waals surface area (Å²) in [6.07, 6.45) is 8.22. The molecule has 0 atom stereocenters. The number of pyridine rings is 1. The fourth-order valence-electron chi connectivity index (χ4n) is 4.41. The van der Waals surface area contributed by atoms with E-state index in [0.717, 1.165) is 65.5 Å². The number of nitrogens with zero attached hydrogens (tertiary/aromatic N) is 2. The zero-order valence-corrected chi connectivity index (χ0v) is 18.0. The second-order valence-corrected chi connectivity index (χ2v) is 10.1. The van der Waals surface area contributed by atoms with Crippen molar-refractivity contribution in [3.05, 3.63) is 45.2 Å². The molecule has 2 aromatic rings. The number of carboxylic acid groups (broad SMARTS) is 1.